The van der Waals surface area contributed by atoms with Crippen molar-refractivity contribution >= 4 is 5.97 Å². The summed E-state index contributed by atoms with van der Waals surface area (Å²) >= 11 is 0. The monoisotopic (exact) mass is 256 g/mol. The molecule has 1 aliphatic heterocycles. The zero-order chi connectivity index (χ0) is 14.1. The van der Waals surface area contributed by atoms with Crippen molar-refractivity contribution in [2.45, 2.75) is 53.9 Å². The van der Waals surface area contributed by atoms with Crippen LogP contribution in [0.15, 0.2) is 11.8 Å². The third-order valence-corrected chi connectivity index (χ3v) is 2.72. The van der Waals surface area contributed by atoms with Crippen molar-refractivity contribution in [3.05, 3.63) is 11.8 Å². The predicted molar refractivity (Wildman–Crippen MR) is 68.8 cm³/mol. The van der Waals surface area contributed by atoms with Crippen LogP contribution in [0, 0.1) is 10.8 Å². The quantitative estimate of drug-likeness (QED) is 0.534. The number of esters is 1. The first-order valence-electron chi connectivity index (χ1n) is 6.17. The highest BCUT2D eigenvalue weighted by atomic mass is 16.7. The summed E-state index contributed by atoms with van der Waals surface area (Å²) in [5, 5.41) is 0. The molecule has 4 nitrogen and oxygen atoms in total. The van der Waals surface area contributed by atoms with Crippen LogP contribution in [0.25, 0.3) is 0 Å². The Hall–Kier alpha value is -1.03. The summed E-state index contributed by atoms with van der Waals surface area (Å²) in [5.74, 6) is 0.131. The van der Waals surface area contributed by atoms with Crippen LogP contribution in [0.2, 0.25) is 0 Å². The van der Waals surface area contributed by atoms with Crippen LogP contribution >= 0.6 is 0 Å². The summed E-state index contributed by atoms with van der Waals surface area (Å²) in [7, 11) is 1.35. The van der Waals surface area contributed by atoms with Gasteiger partial charge in [-0.3, -0.25) is 0 Å². The lowest BCUT2D eigenvalue weighted by atomic mass is 9.88. The summed E-state index contributed by atoms with van der Waals surface area (Å²) in [6.07, 6.45) is 0.792. The molecule has 0 aromatic carbocycles. The number of carbonyl (C=O) groups excluding carboxylic acids is 1. The third-order valence-electron chi connectivity index (χ3n) is 2.72. The Morgan fingerprint density at radius 1 is 1.17 bits per heavy atom. The van der Waals surface area contributed by atoms with E-state index in [-0.39, 0.29) is 23.2 Å². The van der Waals surface area contributed by atoms with Gasteiger partial charge in [0.25, 0.3) is 0 Å². The van der Waals surface area contributed by atoms with E-state index in [4.69, 9.17) is 9.47 Å². The predicted octanol–water partition coefficient (Wildman–Crippen LogP) is 2.88. The smallest absolute Gasteiger partial charge is 0.333 e. The summed E-state index contributed by atoms with van der Waals surface area (Å²) in [5.41, 5.74) is -0.283. The lowest BCUT2D eigenvalue weighted by Crippen LogP contribution is -2.32. The maximum atomic E-state index is 11.4. The second kappa shape index (κ2) is 4.92. The Balaban J connectivity index is 3.00. The maximum Gasteiger partial charge on any atom is 0.333 e. The highest BCUT2D eigenvalue weighted by Gasteiger charge is 2.44. The molecule has 1 heterocycles. The molecule has 1 fully saturated rings. The van der Waals surface area contributed by atoms with E-state index in [1.54, 1.807) is 0 Å². The molecule has 0 amide bonds. The minimum atomic E-state index is -0.419. The molecule has 4 heteroatoms. The Bertz CT molecular complexity index is 344. The Morgan fingerprint density at radius 2 is 1.72 bits per heavy atom. The van der Waals surface area contributed by atoms with E-state index in [9.17, 15) is 4.79 Å². The lowest BCUT2D eigenvalue weighted by Gasteiger charge is -2.27. The topological polar surface area (TPSA) is 44.8 Å². The van der Waals surface area contributed by atoms with Crippen LogP contribution in [0.5, 0.6) is 0 Å². The standard InChI is InChI=1S/C14H24O4/c1-13(2,3)11-9(8-10(15)16-7)17-12(18-11)14(4,5)6/h8,11-12H,1-7H3/b9-8-. The van der Waals surface area contributed by atoms with Gasteiger partial charge in [0.05, 0.1) is 13.2 Å². The zero-order valence-corrected chi connectivity index (χ0v) is 12.4. The van der Waals surface area contributed by atoms with Gasteiger partial charge in [0.2, 0.25) is 6.29 Å². The molecule has 2 atom stereocenters. The van der Waals surface area contributed by atoms with Crippen molar-refractivity contribution in [2.24, 2.45) is 10.8 Å². The van der Waals surface area contributed by atoms with Crippen LogP contribution in [-0.2, 0) is 19.0 Å². The number of carbonyl (C=O) groups is 1. The summed E-state index contributed by atoms with van der Waals surface area (Å²) in [6, 6.07) is 0. The van der Waals surface area contributed by atoms with Gasteiger partial charge < -0.3 is 14.2 Å². The highest BCUT2D eigenvalue weighted by molar-refractivity contribution is 5.82. The third kappa shape index (κ3) is 3.48. The van der Waals surface area contributed by atoms with E-state index < -0.39 is 5.97 Å². The van der Waals surface area contributed by atoms with E-state index in [2.05, 4.69) is 25.5 Å². The van der Waals surface area contributed by atoms with E-state index in [0.717, 1.165) is 0 Å². The van der Waals surface area contributed by atoms with Gasteiger partial charge in [-0.25, -0.2) is 4.79 Å². The highest BCUT2D eigenvalue weighted by Crippen LogP contribution is 2.40. The molecule has 0 radical (unpaired) electrons. The van der Waals surface area contributed by atoms with Gasteiger partial charge >= 0.3 is 5.97 Å². The van der Waals surface area contributed by atoms with Crippen LogP contribution in [-0.4, -0.2) is 25.5 Å². The second-order valence-corrected chi connectivity index (χ2v) is 6.77. The molecule has 2 unspecified atom stereocenters. The number of hydrogen-bond acceptors (Lipinski definition) is 4. The lowest BCUT2D eigenvalue weighted by molar-refractivity contribution is -0.136. The molecule has 104 valence electrons. The minimum absolute atomic E-state index is 0.139. The van der Waals surface area contributed by atoms with Gasteiger partial charge in [-0.1, -0.05) is 41.5 Å². The summed E-state index contributed by atoms with van der Waals surface area (Å²) in [6.45, 7) is 12.3. The maximum absolute atomic E-state index is 11.4. The van der Waals surface area contributed by atoms with E-state index >= 15 is 0 Å². The Kier molecular flexibility index (Phi) is 4.11. The van der Waals surface area contributed by atoms with Crippen molar-refractivity contribution in [1.29, 1.82) is 0 Å². The Morgan fingerprint density at radius 3 is 2.11 bits per heavy atom. The van der Waals surface area contributed by atoms with Crippen molar-refractivity contribution in [1.82, 2.24) is 0 Å². The van der Waals surface area contributed by atoms with Crippen LogP contribution < -0.4 is 0 Å². The molecule has 0 aromatic rings. The molecule has 0 saturated carbocycles. The van der Waals surface area contributed by atoms with E-state index in [1.807, 2.05) is 20.8 Å². The molecule has 0 aromatic heterocycles. The van der Waals surface area contributed by atoms with Gasteiger partial charge in [-0.05, 0) is 5.41 Å². The second-order valence-electron chi connectivity index (χ2n) is 6.77. The van der Waals surface area contributed by atoms with Crippen molar-refractivity contribution in [3.63, 3.8) is 0 Å². The molecule has 1 aliphatic rings. The van der Waals surface area contributed by atoms with Gasteiger partial charge in [0.15, 0.2) is 0 Å². The fourth-order valence-electron chi connectivity index (χ4n) is 1.70. The molecule has 1 rings (SSSR count). The van der Waals surface area contributed by atoms with Gasteiger partial charge in [-0.2, -0.15) is 0 Å². The molecular formula is C14H24O4. The van der Waals surface area contributed by atoms with Crippen LogP contribution in [0.1, 0.15) is 41.5 Å². The first-order valence-corrected chi connectivity index (χ1v) is 6.17. The number of rotatable bonds is 1. The SMILES string of the molecule is COC(=O)/C=C1\OC(C(C)(C)C)OC1C(C)(C)C. The molecule has 0 spiro atoms. The molecule has 1 saturated heterocycles. The van der Waals surface area contributed by atoms with Crippen LogP contribution in [0.3, 0.4) is 0 Å². The van der Waals surface area contributed by atoms with Gasteiger partial charge in [0.1, 0.15) is 11.9 Å². The first-order chi connectivity index (χ1) is 8.05. The number of hydrogen-bond donors (Lipinski definition) is 0. The molecule has 18 heavy (non-hydrogen) atoms. The van der Waals surface area contributed by atoms with Crippen molar-refractivity contribution in [2.75, 3.05) is 7.11 Å². The summed E-state index contributed by atoms with van der Waals surface area (Å²) in [4.78, 5) is 11.4. The normalized spacial score (nSPS) is 27.2. The molecular weight excluding hydrogens is 232 g/mol. The minimum Gasteiger partial charge on any atom is -0.466 e. The molecule has 0 aliphatic carbocycles. The zero-order valence-electron chi connectivity index (χ0n) is 12.4. The van der Waals surface area contributed by atoms with E-state index in [1.165, 1.54) is 13.2 Å². The van der Waals surface area contributed by atoms with Crippen molar-refractivity contribution < 1.29 is 19.0 Å². The van der Waals surface area contributed by atoms with Crippen molar-refractivity contribution in [3.8, 4) is 0 Å². The fourth-order valence-corrected chi connectivity index (χ4v) is 1.70. The van der Waals surface area contributed by atoms with E-state index in [0.29, 0.717) is 5.76 Å². The molecule has 0 bridgehead atoms. The van der Waals surface area contributed by atoms with Gasteiger partial charge in [-0.15, -0.1) is 0 Å². The average molecular weight is 256 g/mol. The number of ether oxygens (including phenoxy) is 3. The average Bonchev–Trinajstić information content (AvgIpc) is 2.60. The van der Waals surface area contributed by atoms with Gasteiger partial charge in [0, 0.05) is 5.41 Å². The number of methoxy groups -OCH3 is 1. The van der Waals surface area contributed by atoms with Crippen LogP contribution in [0.4, 0.5) is 0 Å². The Labute approximate surface area is 109 Å². The largest absolute Gasteiger partial charge is 0.466 e. The fraction of sp³-hybridized carbons (Fsp3) is 0.786. The molecule has 0 N–H and O–H groups in total. The summed E-state index contributed by atoms with van der Waals surface area (Å²) < 4.78 is 16.4. The first kappa shape index (κ1) is 15.0.